The van der Waals surface area contributed by atoms with Gasteiger partial charge in [0, 0.05) is 18.8 Å². The lowest BCUT2D eigenvalue weighted by molar-refractivity contribution is -0.113. The van der Waals surface area contributed by atoms with Crippen molar-refractivity contribution in [3.63, 3.8) is 0 Å². The quantitative estimate of drug-likeness (QED) is 0.747. The van der Waals surface area contributed by atoms with Crippen molar-refractivity contribution in [1.82, 2.24) is 4.31 Å². The predicted octanol–water partition coefficient (Wildman–Crippen LogP) is 1.44. The van der Waals surface area contributed by atoms with Gasteiger partial charge in [-0.05, 0) is 73.6 Å². The third-order valence-electron chi connectivity index (χ3n) is 6.45. The predicted molar refractivity (Wildman–Crippen MR) is 112 cm³/mol. The zero-order chi connectivity index (χ0) is 20.8. The minimum Gasteiger partial charge on any atom is -0.325 e. The lowest BCUT2D eigenvalue weighted by atomic mass is 9.98. The second-order valence-electron chi connectivity index (χ2n) is 8.45. The summed E-state index contributed by atoms with van der Waals surface area (Å²) >= 11 is 0. The van der Waals surface area contributed by atoms with E-state index in [9.17, 15) is 21.6 Å². The molecule has 1 aromatic carbocycles. The second kappa shape index (κ2) is 7.67. The zero-order valence-corrected chi connectivity index (χ0v) is 18.4. The Hall–Kier alpha value is -1.45. The molecule has 0 aromatic heterocycles. The molecule has 2 aliphatic carbocycles. The first-order chi connectivity index (χ1) is 13.6. The highest BCUT2D eigenvalue weighted by molar-refractivity contribution is 7.92. The van der Waals surface area contributed by atoms with Crippen LogP contribution in [0.1, 0.15) is 47.9 Å². The number of aryl methyl sites for hydroxylation is 2. The number of benzene rings is 1. The van der Waals surface area contributed by atoms with Gasteiger partial charge in [0.15, 0.2) is 9.84 Å². The topological polar surface area (TPSA) is 101 Å². The van der Waals surface area contributed by atoms with Crippen molar-refractivity contribution in [1.29, 1.82) is 0 Å². The summed E-state index contributed by atoms with van der Waals surface area (Å²) in [5.74, 6) is -1.03. The molecule has 160 valence electrons. The smallest absolute Gasteiger partial charge is 0.239 e. The first-order valence-electron chi connectivity index (χ1n) is 10.3. The summed E-state index contributed by atoms with van der Waals surface area (Å²) in [6.45, 7) is 0.369. The van der Waals surface area contributed by atoms with Crippen LogP contribution in [0.3, 0.4) is 0 Å². The molecule has 0 unspecified atom stereocenters. The number of anilines is 1. The number of sulfone groups is 1. The van der Waals surface area contributed by atoms with E-state index < -0.39 is 36.8 Å². The standard InChI is InChI=1S/C20H28N2O5S2/c1-28(24,25)22-10-8-16(9-11-22)29(26,27)13-19(23)21-20-17-6-2-4-14(17)12-15-5-3-7-18(15)20/h12,16H,2-11,13H2,1H3,(H,21,23). The van der Waals surface area contributed by atoms with E-state index in [2.05, 4.69) is 11.4 Å². The Bertz CT molecular complexity index is 1010. The zero-order valence-electron chi connectivity index (χ0n) is 16.7. The summed E-state index contributed by atoms with van der Waals surface area (Å²) in [7, 11) is -6.94. The maximum Gasteiger partial charge on any atom is 0.239 e. The number of nitrogens with one attached hydrogen (secondary N) is 1. The Morgan fingerprint density at radius 1 is 1.00 bits per heavy atom. The van der Waals surface area contributed by atoms with Crippen LogP contribution in [0, 0.1) is 0 Å². The van der Waals surface area contributed by atoms with Crippen molar-refractivity contribution in [3.8, 4) is 0 Å². The van der Waals surface area contributed by atoms with E-state index in [1.165, 1.54) is 26.6 Å². The van der Waals surface area contributed by atoms with Crippen molar-refractivity contribution in [3.05, 3.63) is 28.3 Å². The van der Waals surface area contributed by atoms with Gasteiger partial charge in [-0.25, -0.2) is 21.1 Å². The van der Waals surface area contributed by atoms with E-state index in [-0.39, 0.29) is 25.9 Å². The van der Waals surface area contributed by atoms with Gasteiger partial charge >= 0.3 is 0 Å². The van der Waals surface area contributed by atoms with Gasteiger partial charge in [0.05, 0.1) is 11.5 Å². The Balaban J connectivity index is 1.46. The molecule has 1 fully saturated rings. The van der Waals surface area contributed by atoms with Crippen LogP contribution in [0.15, 0.2) is 6.07 Å². The third-order valence-corrected chi connectivity index (χ3v) is 9.90. The monoisotopic (exact) mass is 440 g/mol. The molecule has 1 saturated heterocycles. The summed E-state index contributed by atoms with van der Waals surface area (Å²) in [6.07, 6.45) is 7.62. The van der Waals surface area contributed by atoms with Crippen molar-refractivity contribution >= 4 is 31.5 Å². The molecule has 4 rings (SSSR count). The molecule has 1 aromatic rings. The lowest BCUT2D eigenvalue weighted by Gasteiger charge is -2.29. The Morgan fingerprint density at radius 2 is 1.55 bits per heavy atom. The number of sulfonamides is 1. The van der Waals surface area contributed by atoms with Gasteiger partial charge in [-0.15, -0.1) is 0 Å². The number of piperidine rings is 1. The summed E-state index contributed by atoms with van der Waals surface area (Å²) in [5, 5.41) is 2.28. The van der Waals surface area contributed by atoms with Crippen LogP contribution < -0.4 is 5.32 Å². The van der Waals surface area contributed by atoms with Gasteiger partial charge in [-0.1, -0.05) is 6.07 Å². The van der Waals surface area contributed by atoms with E-state index in [0.29, 0.717) is 0 Å². The number of carbonyl (C=O) groups excluding carboxylic acids is 1. The van der Waals surface area contributed by atoms with Crippen molar-refractivity contribution in [2.45, 2.75) is 56.6 Å². The molecule has 0 spiro atoms. The van der Waals surface area contributed by atoms with Gasteiger partial charge in [0.2, 0.25) is 15.9 Å². The highest BCUT2D eigenvalue weighted by atomic mass is 32.2. The molecule has 0 atom stereocenters. The van der Waals surface area contributed by atoms with Crippen LogP contribution in [0.5, 0.6) is 0 Å². The highest BCUT2D eigenvalue weighted by Gasteiger charge is 2.34. The van der Waals surface area contributed by atoms with E-state index in [1.807, 2.05) is 0 Å². The largest absolute Gasteiger partial charge is 0.325 e. The number of nitrogens with zero attached hydrogens (tertiary/aromatic N) is 1. The molecule has 7 nitrogen and oxygen atoms in total. The lowest BCUT2D eigenvalue weighted by Crippen LogP contribution is -2.43. The number of hydrogen-bond donors (Lipinski definition) is 1. The average molecular weight is 441 g/mol. The molecule has 3 aliphatic rings. The van der Waals surface area contributed by atoms with Gasteiger partial charge in [-0.3, -0.25) is 4.79 Å². The maximum absolute atomic E-state index is 12.8. The van der Waals surface area contributed by atoms with E-state index in [1.54, 1.807) is 0 Å². The SMILES string of the molecule is CS(=O)(=O)N1CCC(S(=O)(=O)CC(=O)Nc2c3c(cc4c2CCC4)CCC3)CC1. The summed E-state index contributed by atoms with van der Waals surface area (Å²) in [5.41, 5.74) is 5.80. The van der Waals surface area contributed by atoms with Crippen LogP contribution in [0.25, 0.3) is 0 Å². The maximum atomic E-state index is 12.8. The van der Waals surface area contributed by atoms with Crippen LogP contribution in [0.4, 0.5) is 5.69 Å². The van der Waals surface area contributed by atoms with Crippen LogP contribution in [0.2, 0.25) is 0 Å². The molecule has 1 aliphatic heterocycles. The molecule has 0 radical (unpaired) electrons. The molecule has 0 bridgehead atoms. The number of amides is 1. The minimum atomic E-state index is -3.63. The Kier molecular flexibility index (Phi) is 5.50. The fraction of sp³-hybridized carbons (Fsp3) is 0.650. The molecule has 1 N–H and O–H groups in total. The van der Waals surface area contributed by atoms with E-state index >= 15 is 0 Å². The second-order valence-corrected chi connectivity index (χ2v) is 12.7. The highest BCUT2D eigenvalue weighted by Crippen LogP contribution is 2.38. The van der Waals surface area contributed by atoms with Gasteiger partial charge < -0.3 is 5.32 Å². The third kappa shape index (κ3) is 4.22. The van der Waals surface area contributed by atoms with E-state index in [0.717, 1.165) is 50.5 Å². The van der Waals surface area contributed by atoms with Crippen molar-refractivity contribution in [2.24, 2.45) is 0 Å². The van der Waals surface area contributed by atoms with Crippen LogP contribution >= 0.6 is 0 Å². The first-order valence-corrected chi connectivity index (χ1v) is 13.8. The molecule has 9 heteroatoms. The fourth-order valence-electron chi connectivity index (χ4n) is 4.97. The van der Waals surface area contributed by atoms with Gasteiger partial charge in [0.1, 0.15) is 5.75 Å². The van der Waals surface area contributed by atoms with Crippen LogP contribution in [-0.2, 0) is 50.3 Å². The number of carbonyl (C=O) groups is 1. The van der Waals surface area contributed by atoms with Crippen LogP contribution in [-0.4, -0.2) is 57.4 Å². The molecular weight excluding hydrogens is 412 g/mol. The molecule has 29 heavy (non-hydrogen) atoms. The molecular formula is C20H28N2O5S2. The normalized spacial score (nSPS) is 20.4. The van der Waals surface area contributed by atoms with Gasteiger partial charge in [-0.2, -0.15) is 0 Å². The first kappa shape index (κ1) is 20.8. The van der Waals surface area contributed by atoms with Gasteiger partial charge in [0.25, 0.3) is 0 Å². The van der Waals surface area contributed by atoms with Crippen molar-refractivity contribution in [2.75, 3.05) is 30.4 Å². The number of fused-ring (bicyclic) bond motifs is 2. The summed E-state index contributed by atoms with van der Waals surface area (Å²) in [4.78, 5) is 12.7. The number of hydrogen-bond acceptors (Lipinski definition) is 5. The fourth-order valence-corrected chi connectivity index (χ4v) is 7.44. The molecule has 0 saturated carbocycles. The van der Waals surface area contributed by atoms with E-state index in [4.69, 9.17) is 0 Å². The average Bonchev–Trinajstić information content (AvgIpc) is 3.29. The summed E-state index contributed by atoms with van der Waals surface area (Å²) < 4.78 is 50.1. The minimum absolute atomic E-state index is 0.185. The molecule has 1 amide bonds. The molecule has 1 heterocycles. The number of rotatable bonds is 5. The Labute approximate surface area is 172 Å². The van der Waals surface area contributed by atoms with Crippen molar-refractivity contribution < 1.29 is 21.6 Å². The summed E-state index contributed by atoms with van der Waals surface area (Å²) in [6, 6.07) is 2.27. The Morgan fingerprint density at radius 3 is 2.07 bits per heavy atom.